The minimum Gasteiger partial charge on any atom is -0.484 e. The van der Waals surface area contributed by atoms with E-state index in [0.717, 1.165) is 0 Å². The normalized spacial score (nSPS) is 25.1. The number of nitrogens with zero attached hydrogens (tertiary/aromatic N) is 1. The van der Waals surface area contributed by atoms with E-state index >= 15 is 0 Å². The predicted molar refractivity (Wildman–Crippen MR) is 119 cm³/mol. The molecule has 0 spiro atoms. The van der Waals surface area contributed by atoms with Gasteiger partial charge >= 0.3 is 5.97 Å². The Morgan fingerprint density at radius 2 is 1.93 bits per heavy atom. The van der Waals surface area contributed by atoms with Gasteiger partial charge in [-0.25, -0.2) is 4.79 Å². The van der Waals surface area contributed by atoms with Crippen LogP contribution in [0.2, 0.25) is 0 Å². The van der Waals surface area contributed by atoms with Crippen LogP contribution in [0.15, 0.2) is 30.3 Å². The van der Waals surface area contributed by atoms with Gasteiger partial charge in [-0.2, -0.15) is 0 Å². The fourth-order valence-corrected chi connectivity index (χ4v) is 5.61. The molecule has 1 amide bonds. The summed E-state index contributed by atoms with van der Waals surface area (Å²) in [6, 6.07) is 8.05. The Hall–Kier alpha value is -0.930. The quantitative estimate of drug-likeness (QED) is 0.367. The minimum atomic E-state index is -1.68. The summed E-state index contributed by atoms with van der Waals surface area (Å²) >= 11 is 24.0. The number of esters is 1. The van der Waals surface area contributed by atoms with Crippen LogP contribution in [-0.2, 0) is 14.3 Å². The van der Waals surface area contributed by atoms with E-state index in [1.165, 1.54) is 11.8 Å². The summed E-state index contributed by atoms with van der Waals surface area (Å²) in [6.45, 7) is 3.35. The number of hydrogen-bond acceptors (Lipinski definition) is 6. The molecule has 3 atom stereocenters. The Kier molecular flexibility index (Phi) is 6.80. The largest absolute Gasteiger partial charge is 0.484 e. The third-order valence-corrected chi connectivity index (χ3v) is 6.84. The van der Waals surface area contributed by atoms with Crippen LogP contribution in [0.25, 0.3) is 0 Å². The molecule has 2 saturated heterocycles. The highest BCUT2D eigenvalue weighted by Crippen LogP contribution is 2.51. The van der Waals surface area contributed by atoms with Gasteiger partial charge in [-0.3, -0.25) is 4.79 Å². The highest BCUT2D eigenvalue weighted by molar-refractivity contribution is 8.02. The van der Waals surface area contributed by atoms with E-state index < -0.39 is 20.6 Å². The highest BCUT2D eigenvalue weighted by atomic mass is 35.6. The fourth-order valence-electron chi connectivity index (χ4n) is 3.24. The maximum Gasteiger partial charge on any atom is 0.330 e. The number of amides is 1. The molecule has 2 aliphatic heterocycles. The standard InChI is InChI=1S/C18H19Cl3N2O4S2/c1-17(2)13(16(25)27-9-18(19,20)21)23-14(28)12(15(23)29-17)22-11(24)8-26-10-6-4-3-5-7-10/h3-7,12-13,15H,8-9H2,1-2H3,(H,22,24). The topological polar surface area (TPSA) is 67.9 Å². The van der Waals surface area contributed by atoms with Crippen molar-refractivity contribution < 1.29 is 19.1 Å². The van der Waals surface area contributed by atoms with Crippen LogP contribution in [0.1, 0.15) is 13.8 Å². The molecule has 0 aromatic heterocycles. The molecule has 3 unspecified atom stereocenters. The second-order valence-electron chi connectivity index (χ2n) is 7.13. The number of halogens is 3. The van der Waals surface area contributed by atoms with E-state index in [0.29, 0.717) is 10.7 Å². The summed E-state index contributed by atoms with van der Waals surface area (Å²) in [5.74, 6) is -0.203. The molecule has 2 aliphatic rings. The zero-order chi connectivity index (χ0) is 21.4. The lowest BCUT2D eigenvalue weighted by Gasteiger charge is -2.46. The SMILES string of the molecule is CC1(C)SC2C(NC(=O)COc3ccccc3)C(=S)N2C1C(=O)OCC(Cl)(Cl)Cl. The summed E-state index contributed by atoms with van der Waals surface area (Å²) in [5.41, 5.74) is 0. The number of carbonyl (C=O) groups excluding carboxylic acids is 2. The van der Waals surface area contributed by atoms with Crippen LogP contribution in [0.5, 0.6) is 5.75 Å². The third-order valence-electron chi connectivity index (χ3n) is 4.47. The van der Waals surface area contributed by atoms with Gasteiger partial charge < -0.3 is 19.7 Å². The van der Waals surface area contributed by atoms with Gasteiger partial charge in [0.1, 0.15) is 34.8 Å². The molecule has 0 radical (unpaired) electrons. The first-order valence-electron chi connectivity index (χ1n) is 8.70. The van der Waals surface area contributed by atoms with Crippen molar-refractivity contribution in [3.8, 4) is 5.75 Å². The Balaban J connectivity index is 1.58. The van der Waals surface area contributed by atoms with E-state index in [2.05, 4.69) is 5.32 Å². The predicted octanol–water partition coefficient (Wildman–Crippen LogP) is 3.33. The van der Waals surface area contributed by atoms with Crippen LogP contribution >= 0.6 is 58.8 Å². The first-order chi connectivity index (χ1) is 13.5. The number of nitrogens with one attached hydrogen (secondary N) is 1. The highest BCUT2D eigenvalue weighted by Gasteiger charge is 2.62. The zero-order valence-corrected chi connectivity index (χ0v) is 19.5. The van der Waals surface area contributed by atoms with E-state index in [9.17, 15) is 9.59 Å². The Labute approximate surface area is 193 Å². The summed E-state index contributed by atoms with van der Waals surface area (Å²) in [5, 5.41) is 2.70. The van der Waals surface area contributed by atoms with E-state index in [1.54, 1.807) is 17.0 Å². The first-order valence-corrected chi connectivity index (χ1v) is 11.1. The number of fused-ring (bicyclic) bond motifs is 1. The first kappa shape index (κ1) is 22.7. The van der Waals surface area contributed by atoms with Crippen LogP contribution < -0.4 is 10.1 Å². The number of hydrogen-bond donors (Lipinski definition) is 1. The summed E-state index contributed by atoms with van der Waals surface area (Å²) in [6.07, 6.45) is 0. The fraction of sp³-hybridized carbons (Fsp3) is 0.500. The number of carbonyl (C=O) groups is 2. The molecule has 2 heterocycles. The van der Waals surface area contributed by atoms with Gasteiger partial charge in [-0.1, -0.05) is 65.2 Å². The second-order valence-corrected chi connectivity index (χ2v) is 11.8. The molecular formula is C18H19Cl3N2O4S2. The van der Waals surface area contributed by atoms with Crippen molar-refractivity contribution in [2.75, 3.05) is 13.2 Å². The molecule has 0 aliphatic carbocycles. The van der Waals surface area contributed by atoms with Gasteiger partial charge in [-0.05, 0) is 26.0 Å². The van der Waals surface area contributed by atoms with Gasteiger partial charge in [0.25, 0.3) is 5.91 Å². The Morgan fingerprint density at radius 1 is 1.28 bits per heavy atom. The molecule has 11 heteroatoms. The summed E-state index contributed by atoms with van der Waals surface area (Å²) in [7, 11) is 0. The maximum absolute atomic E-state index is 12.6. The lowest BCUT2D eigenvalue weighted by molar-refractivity contribution is -0.149. The molecule has 6 nitrogen and oxygen atoms in total. The molecule has 1 aromatic rings. The number of thioether (sulfide) groups is 1. The lowest BCUT2D eigenvalue weighted by Crippen LogP contribution is -2.70. The molecule has 1 aromatic carbocycles. The van der Waals surface area contributed by atoms with Gasteiger partial charge in [0.05, 0.1) is 0 Å². The van der Waals surface area contributed by atoms with Crippen LogP contribution in [0.4, 0.5) is 0 Å². The average Bonchev–Trinajstić information content (AvgIpc) is 2.91. The van der Waals surface area contributed by atoms with Crippen molar-refractivity contribution in [1.29, 1.82) is 0 Å². The van der Waals surface area contributed by atoms with Crippen LogP contribution in [0.3, 0.4) is 0 Å². The van der Waals surface area contributed by atoms with Crippen molar-refractivity contribution >= 4 is 75.6 Å². The molecule has 3 rings (SSSR count). The lowest BCUT2D eigenvalue weighted by atomic mass is 9.96. The van der Waals surface area contributed by atoms with Gasteiger partial charge in [-0.15, -0.1) is 11.8 Å². The summed E-state index contributed by atoms with van der Waals surface area (Å²) in [4.78, 5) is 27.1. The molecular weight excluding hydrogens is 479 g/mol. The molecule has 29 heavy (non-hydrogen) atoms. The molecule has 0 saturated carbocycles. The van der Waals surface area contributed by atoms with Crippen LogP contribution in [-0.4, -0.2) is 61.0 Å². The minimum absolute atomic E-state index is 0.126. The number of para-hydroxylation sites is 1. The number of alkyl halides is 3. The molecule has 158 valence electrons. The van der Waals surface area contributed by atoms with E-state index in [1.807, 2.05) is 32.0 Å². The monoisotopic (exact) mass is 496 g/mol. The number of rotatable bonds is 6. The van der Waals surface area contributed by atoms with Crippen molar-refractivity contribution in [1.82, 2.24) is 10.2 Å². The molecule has 2 fully saturated rings. The Morgan fingerprint density at radius 3 is 2.55 bits per heavy atom. The number of ether oxygens (including phenoxy) is 2. The maximum atomic E-state index is 12.6. The van der Waals surface area contributed by atoms with E-state index in [4.69, 9.17) is 56.5 Å². The summed E-state index contributed by atoms with van der Waals surface area (Å²) < 4.78 is 8.45. The van der Waals surface area contributed by atoms with Gasteiger partial charge in [0.2, 0.25) is 3.79 Å². The van der Waals surface area contributed by atoms with Crippen LogP contribution in [0, 0.1) is 0 Å². The number of thiocarbonyl (C=S) groups is 1. The van der Waals surface area contributed by atoms with Gasteiger partial charge in [0.15, 0.2) is 6.61 Å². The Bertz CT molecular complexity index is 804. The molecule has 1 N–H and O–H groups in total. The van der Waals surface area contributed by atoms with Crippen molar-refractivity contribution in [2.45, 2.75) is 39.8 Å². The average molecular weight is 498 g/mol. The number of benzene rings is 1. The smallest absolute Gasteiger partial charge is 0.330 e. The molecule has 0 bridgehead atoms. The van der Waals surface area contributed by atoms with E-state index in [-0.39, 0.29) is 30.5 Å². The zero-order valence-electron chi connectivity index (χ0n) is 15.6. The van der Waals surface area contributed by atoms with Gasteiger partial charge in [0, 0.05) is 4.75 Å². The van der Waals surface area contributed by atoms with Crippen molar-refractivity contribution in [3.05, 3.63) is 30.3 Å². The van der Waals surface area contributed by atoms with Crippen molar-refractivity contribution in [3.63, 3.8) is 0 Å². The third kappa shape index (κ3) is 5.22. The second kappa shape index (κ2) is 8.67. The van der Waals surface area contributed by atoms with Crippen molar-refractivity contribution in [2.24, 2.45) is 0 Å².